The van der Waals surface area contributed by atoms with Gasteiger partial charge in [0.2, 0.25) is 0 Å². The third kappa shape index (κ3) is 2.79. The lowest BCUT2D eigenvalue weighted by Crippen LogP contribution is -2.34. The summed E-state index contributed by atoms with van der Waals surface area (Å²) in [6.45, 7) is 0.990. The van der Waals surface area contributed by atoms with Crippen molar-refractivity contribution in [3.63, 3.8) is 0 Å². The fourth-order valence-electron chi connectivity index (χ4n) is 2.19. The topological polar surface area (TPSA) is 32.3 Å². The summed E-state index contributed by atoms with van der Waals surface area (Å²) in [5.41, 5.74) is -1.55. The van der Waals surface area contributed by atoms with E-state index in [0.717, 1.165) is 6.07 Å². The standard InChI is InChI=1S/C12H14F3NO/c13-12(14,15)10-4-2-1-3-9(10)7-11(17)5-6-16-8-11/h1-4,16-17H,5-8H2. The maximum Gasteiger partial charge on any atom is 0.416 e. The van der Waals surface area contributed by atoms with E-state index in [1.165, 1.54) is 12.1 Å². The number of benzene rings is 1. The Hall–Kier alpha value is -1.07. The summed E-state index contributed by atoms with van der Waals surface area (Å²) >= 11 is 0. The minimum atomic E-state index is -4.36. The van der Waals surface area contributed by atoms with Crippen molar-refractivity contribution in [1.29, 1.82) is 0 Å². The van der Waals surface area contributed by atoms with Crippen molar-refractivity contribution in [2.45, 2.75) is 24.6 Å². The van der Waals surface area contributed by atoms with Gasteiger partial charge in [0.1, 0.15) is 0 Å². The van der Waals surface area contributed by atoms with Gasteiger partial charge in [-0.15, -0.1) is 0 Å². The molecule has 1 saturated heterocycles. The molecular weight excluding hydrogens is 231 g/mol. The van der Waals surface area contributed by atoms with Crippen molar-refractivity contribution in [2.24, 2.45) is 0 Å². The first-order chi connectivity index (χ1) is 7.91. The number of alkyl halides is 3. The smallest absolute Gasteiger partial charge is 0.388 e. The van der Waals surface area contributed by atoms with Gasteiger partial charge in [-0.2, -0.15) is 13.2 Å². The number of β-amino-alcohol motifs (C(OH)–C–C–N with tert-alkyl or cyclic N) is 1. The monoisotopic (exact) mass is 245 g/mol. The van der Waals surface area contributed by atoms with Gasteiger partial charge in [0.25, 0.3) is 0 Å². The van der Waals surface area contributed by atoms with E-state index in [0.29, 0.717) is 19.5 Å². The van der Waals surface area contributed by atoms with Gasteiger partial charge < -0.3 is 10.4 Å². The van der Waals surface area contributed by atoms with Gasteiger partial charge in [-0.25, -0.2) is 0 Å². The molecule has 0 amide bonds. The van der Waals surface area contributed by atoms with Gasteiger partial charge in [-0.3, -0.25) is 0 Å². The Morgan fingerprint density at radius 1 is 1.29 bits per heavy atom. The number of hydrogen-bond acceptors (Lipinski definition) is 2. The first kappa shape index (κ1) is 12.4. The van der Waals surface area contributed by atoms with Gasteiger partial charge in [0.15, 0.2) is 0 Å². The molecule has 0 aromatic heterocycles. The third-order valence-corrected chi connectivity index (χ3v) is 3.06. The molecule has 1 atom stereocenters. The highest BCUT2D eigenvalue weighted by atomic mass is 19.4. The van der Waals surface area contributed by atoms with Crippen LogP contribution in [0, 0.1) is 0 Å². The van der Waals surface area contributed by atoms with Crippen molar-refractivity contribution in [1.82, 2.24) is 5.32 Å². The van der Waals surface area contributed by atoms with Crippen molar-refractivity contribution in [3.05, 3.63) is 35.4 Å². The molecule has 0 aliphatic carbocycles. The molecular formula is C12H14F3NO. The Morgan fingerprint density at radius 3 is 2.59 bits per heavy atom. The van der Waals surface area contributed by atoms with Crippen LogP contribution in [0.1, 0.15) is 17.5 Å². The van der Waals surface area contributed by atoms with Crippen LogP contribution in [0.3, 0.4) is 0 Å². The average molecular weight is 245 g/mol. The fourth-order valence-corrected chi connectivity index (χ4v) is 2.19. The first-order valence-corrected chi connectivity index (χ1v) is 5.49. The summed E-state index contributed by atoms with van der Waals surface area (Å²) in [4.78, 5) is 0. The van der Waals surface area contributed by atoms with Crippen LogP contribution >= 0.6 is 0 Å². The van der Waals surface area contributed by atoms with Crippen LogP contribution in [0.4, 0.5) is 13.2 Å². The van der Waals surface area contributed by atoms with Crippen molar-refractivity contribution in [3.8, 4) is 0 Å². The Balaban J connectivity index is 2.26. The van der Waals surface area contributed by atoms with Crippen LogP contribution in [-0.2, 0) is 12.6 Å². The number of halogens is 3. The van der Waals surface area contributed by atoms with E-state index in [9.17, 15) is 18.3 Å². The lowest BCUT2D eigenvalue weighted by Gasteiger charge is -2.23. The molecule has 1 unspecified atom stereocenters. The summed E-state index contributed by atoms with van der Waals surface area (Å²) in [5.74, 6) is 0. The van der Waals surface area contributed by atoms with E-state index in [1.807, 2.05) is 0 Å². The minimum Gasteiger partial charge on any atom is -0.388 e. The molecule has 1 aliphatic rings. The van der Waals surface area contributed by atoms with Gasteiger partial charge in [0, 0.05) is 13.0 Å². The Morgan fingerprint density at radius 2 is 2.00 bits per heavy atom. The summed E-state index contributed by atoms with van der Waals surface area (Å²) in [7, 11) is 0. The maximum atomic E-state index is 12.7. The predicted molar refractivity (Wildman–Crippen MR) is 57.6 cm³/mol. The molecule has 5 heteroatoms. The van der Waals surface area contributed by atoms with Crippen molar-refractivity contribution >= 4 is 0 Å². The summed E-state index contributed by atoms with van der Waals surface area (Å²) in [5, 5.41) is 13.1. The highest BCUT2D eigenvalue weighted by Gasteiger charge is 2.37. The van der Waals surface area contributed by atoms with Gasteiger partial charge in [-0.1, -0.05) is 18.2 Å². The SMILES string of the molecule is OC1(Cc2ccccc2C(F)(F)F)CCNC1. The molecule has 2 nitrogen and oxygen atoms in total. The Bertz CT molecular complexity index is 397. The van der Waals surface area contributed by atoms with E-state index in [4.69, 9.17) is 0 Å². The molecule has 0 bridgehead atoms. The van der Waals surface area contributed by atoms with Crippen LogP contribution in [0.5, 0.6) is 0 Å². The molecule has 1 aromatic carbocycles. The van der Waals surface area contributed by atoms with Gasteiger partial charge in [0.05, 0.1) is 11.2 Å². The second kappa shape index (κ2) is 4.31. The molecule has 1 aromatic rings. The van der Waals surface area contributed by atoms with E-state index in [-0.39, 0.29) is 12.0 Å². The highest BCUT2D eigenvalue weighted by molar-refractivity contribution is 5.31. The van der Waals surface area contributed by atoms with Crippen LogP contribution in [-0.4, -0.2) is 23.8 Å². The van der Waals surface area contributed by atoms with Crippen LogP contribution < -0.4 is 5.32 Å². The molecule has 1 heterocycles. The molecule has 1 aliphatic heterocycles. The minimum absolute atomic E-state index is 0.0374. The van der Waals surface area contributed by atoms with E-state index >= 15 is 0 Å². The Kier molecular flexibility index (Phi) is 3.14. The molecule has 0 saturated carbocycles. The third-order valence-electron chi connectivity index (χ3n) is 3.06. The Labute approximate surface area is 97.5 Å². The van der Waals surface area contributed by atoms with Crippen LogP contribution in [0.15, 0.2) is 24.3 Å². The van der Waals surface area contributed by atoms with Crippen LogP contribution in [0.2, 0.25) is 0 Å². The molecule has 1 fully saturated rings. The number of rotatable bonds is 2. The second-order valence-electron chi connectivity index (χ2n) is 4.48. The average Bonchev–Trinajstić information content (AvgIpc) is 2.64. The summed E-state index contributed by atoms with van der Waals surface area (Å²) in [6, 6.07) is 5.42. The predicted octanol–water partition coefficient (Wildman–Crippen LogP) is 1.97. The highest BCUT2D eigenvalue weighted by Crippen LogP contribution is 2.34. The molecule has 2 N–H and O–H groups in total. The van der Waals surface area contributed by atoms with Gasteiger partial charge >= 0.3 is 6.18 Å². The first-order valence-electron chi connectivity index (χ1n) is 5.49. The van der Waals surface area contributed by atoms with E-state index in [1.54, 1.807) is 6.07 Å². The second-order valence-corrected chi connectivity index (χ2v) is 4.48. The largest absolute Gasteiger partial charge is 0.416 e. The molecule has 0 radical (unpaired) electrons. The maximum absolute atomic E-state index is 12.7. The summed E-state index contributed by atoms with van der Waals surface area (Å²) < 4.78 is 38.2. The normalized spacial score (nSPS) is 25.2. The fraction of sp³-hybridized carbons (Fsp3) is 0.500. The lowest BCUT2D eigenvalue weighted by molar-refractivity contribution is -0.138. The zero-order valence-electron chi connectivity index (χ0n) is 9.22. The van der Waals surface area contributed by atoms with Crippen molar-refractivity contribution in [2.75, 3.05) is 13.1 Å². The number of hydrogen-bond donors (Lipinski definition) is 2. The zero-order valence-corrected chi connectivity index (χ0v) is 9.22. The van der Waals surface area contributed by atoms with E-state index < -0.39 is 17.3 Å². The van der Waals surface area contributed by atoms with Gasteiger partial charge in [-0.05, 0) is 24.6 Å². The number of nitrogens with one attached hydrogen (secondary N) is 1. The molecule has 0 spiro atoms. The molecule has 2 rings (SSSR count). The number of aliphatic hydroxyl groups is 1. The molecule has 17 heavy (non-hydrogen) atoms. The van der Waals surface area contributed by atoms with E-state index in [2.05, 4.69) is 5.32 Å². The summed E-state index contributed by atoms with van der Waals surface area (Å²) in [6.07, 6.45) is -3.84. The molecule has 94 valence electrons. The quantitative estimate of drug-likeness (QED) is 0.835. The zero-order chi connectivity index (χ0) is 12.5. The lowest BCUT2D eigenvalue weighted by atomic mass is 9.91. The van der Waals surface area contributed by atoms with Crippen LogP contribution in [0.25, 0.3) is 0 Å². The van der Waals surface area contributed by atoms with Crippen molar-refractivity contribution < 1.29 is 18.3 Å².